The van der Waals surface area contributed by atoms with E-state index in [0.29, 0.717) is 12.2 Å². The van der Waals surface area contributed by atoms with Gasteiger partial charge in [0.25, 0.3) is 0 Å². The summed E-state index contributed by atoms with van der Waals surface area (Å²) in [6.07, 6.45) is 0.524. The molecule has 5 heteroatoms. The summed E-state index contributed by atoms with van der Waals surface area (Å²) in [4.78, 5) is 11.3. The number of hydrogen-bond acceptors (Lipinski definition) is 3. The van der Waals surface area contributed by atoms with Gasteiger partial charge in [-0.25, -0.2) is 4.79 Å². The number of benzene rings is 1. The zero-order valence-corrected chi connectivity index (χ0v) is 13.7. The molecule has 0 amide bonds. The average molecular weight is 343 g/mol. The molecule has 0 aliphatic carbocycles. The Hall–Kier alpha value is -1.07. The van der Waals surface area contributed by atoms with Crippen molar-refractivity contribution in [3.05, 3.63) is 28.2 Å². The van der Waals surface area contributed by atoms with E-state index in [2.05, 4.69) is 15.9 Å². The third-order valence-corrected chi connectivity index (χ3v) is 3.93. The van der Waals surface area contributed by atoms with Crippen LogP contribution in [0.2, 0.25) is 0 Å². The molecular weight excluding hydrogens is 324 g/mol. The number of carbonyl (C=O) groups is 1. The largest absolute Gasteiger partial charge is 0.486 e. The van der Waals surface area contributed by atoms with Crippen LogP contribution >= 0.6 is 15.9 Å². The molecule has 1 heterocycles. The molecule has 0 aromatic heterocycles. The second-order valence-corrected chi connectivity index (χ2v) is 7.14. The van der Waals surface area contributed by atoms with Crippen LogP contribution in [0.3, 0.4) is 0 Å². The third-order valence-electron chi connectivity index (χ3n) is 3.44. The van der Waals surface area contributed by atoms with Crippen LogP contribution in [-0.4, -0.2) is 28.4 Å². The Kier molecular flexibility index (Phi) is 3.86. The molecule has 1 atom stereocenters. The summed E-state index contributed by atoms with van der Waals surface area (Å²) in [6, 6.07) is 4.91. The molecule has 2 rings (SSSR count). The predicted octanol–water partition coefficient (Wildman–Crippen LogP) is 3.87. The van der Waals surface area contributed by atoms with Gasteiger partial charge in [0.15, 0.2) is 0 Å². The molecule has 110 valence electrons. The summed E-state index contributed by atoms with van der Waals surface area (Å²) in [7, 11) is 0. The van der Waals surface area contributed by atoms with Gasteiger partial charge in [0.05, 0.1) is 5.60 Å². The van der Waals surface area contributed by atoms with Crippen molar-refractivity contribution in [2.24, 2.45) is 0 Å². The van der Waals surface area contributed by atoms with Crippen molar-refractivity contribution in [2.45, 2.75) is 51.4 Å². The van der Waals surface area contributed by atoms with Gasteiger partial charge in [-0.05, 0) is 45.9 Å². The van der Waals surface area contributed by atoms with Gasteiger partial charge in [0, 0.05) is 10.9 Å². The predicted molar refractivity (Wildman–Crippen MR) is 79.4 cm³/mol. The van der Waals surface area contributed by atoms with E-state index in [1.165, 1.54) is 6.07 Å². The molecule has 1 aromatic carbocycles. The summed E-state index contributed by atoms with van der Waals surface area (Å²) >= 11 is 3.34. The van der Waals surface area contributed by atoms with E-state index in [-0.39, 0.29) is 17.3 Å². The average Bonchev–Trinajstić information content (AvgIpc) is 2.46. The zero-order valence-electron chi connectivity index (χ0n) is 12.1. The lowest BCUT2D eigenvalue weighted by molar-refractivity contribution is -0.0847. The van der Waals surface area contributed by atoms with Crippen LogP contribution in [0.4, 0.5) is 0 Å². The van der Waals surface area contributed by atoms with Crippen molar-refractivity contribution in [2.75, 3.05) is 0 Å². The smallest absolute Gasteiger partial charge is 0.339 e. The van der Waals surface area contributed by atoms with Gasteiger partial charge in [0.1, 0.15) is 23.0 Å². The SMILES string of the molecule is CC1(C)CC(Oc2cc(Br)ccc2C(=O)O)C(C)(C)O1. The van der Waals surface area contributed by atoms with Crippen LogP contribution in [0.15, 0.2) is 22.7 Å². The fourth-order valence-electron chi connectivity index (χ4n) is 2.62. The van der Waals surface area contributed by atoms with Gasteiger partial charge in [-0.2, -0.15) is 0 Å². The van der Waals surface area contributed by atoms with Crippen LogP contribution < -0.4 is 4.74 Å². The van der Waals surface area contributed by atoms with E-state index in [0.717, 1.165) is 4.47 Å². The Morgan fingerprint density at radius 2 is 2.05 bits per heavy atom. The topological polar surface area (TPSA) is 55.8 Å². The Morgan fingerprint density at radius 1 is 1.40 bits per heavy atom. The lowest BCUT2D eigenvalue weighted by Crippen LogP contribution is -2.37. The minimum atomic E-state index is -0.997. The first-order valence-corrected chi connectivity index (χ1v) is 7.30. The first-order valence-electron chi connectivity index (χ1n) is 6.50. The molecule has 1 fully saturated rings. The van der Waals surface area contributed by atoms with Gasteiger partial charge in [-0.15, -0.1) is 0 Å². The Bertz CT molecular complexity index is 537. The minimum Gasteiger partial charge on any atom is -0.486 e. The highest BCUT2D eigenvalue weighted by Gasteiger charge is 2.47. The maximum atomic E-state index is 11.3. The summed E-state index contributed by atoms with van der Waals surface area (Å²) in [5, 5.41) is 9.24. The van der Waals surface area contributed by atoms with Crippen LogP contribution in [0.25, 0.3) is 0 Å². The lowest BCUT2D eigenvalue weighted by atomic mass is 9.97. The van der Waals surface area contributed by atoms with E-state index in [9.17, 15) is 9.90 Å². The van der Waals surface area contributed by atoms with Crippen molar-refractivity contribution in [3.63, 3.8) is 0 Å². The lowest BCUT2D eigenvalue weighted by Gasteiger charge is -2.27. The van der Waals surface area contributed by atoms with E-state index in [4.69, 9.17) is 9.47 Å². The molecule has 1 aliphatic heterocycles. The first kappa shape index (κ1) is 15.3. The zero-order chi connectivity index (χ0) is 15.1. The normalized spacial score (nSPS) is 23.6. The quantitative estimate of drug-likeness (QED) is 0.905. The number of aromatic carboxylic acids is 1. The number of hydrogen-bond donors (Lipinski definition) is 1. The van der Waals surface area contributed by atoms with Gasteiger partial charge >= 0.3 is 5.97 Å². The number of carboxylic acids is 1. The van der Waals surface area contributed by atoms with E-state index in [1.54, 1.807) is 12.1 Å². The summed E-state index contributed by atoms with van der Waals surface area (Å²) in [5.41, 5.74) is -0.570. The summed E-state index contributed by atoms with van der Waals surface area (Å²) in [5.74, 6) is -0.630. The molecule has 0 bridgehead atoms. The standard InChI is InChI=1S/C15H19BrO4/c1-14(2)8-12(15(3,4)20-14)19-11-7-9(16)5-6-10(11)13(17)18/h5-7,12H,8H2,1-4H3,(H,17,18). The van der Waals surface area contributed by atoms with Gasteiger partial charge < -0.3 is 14.6 Å². The Morgan fingerprint density at radius 3 is 2.55 bits per heavy atom. The number of ether oxygens (including phenoxy) is 2. The van der Waals surface area contributed by atoms with Crippen LogP contribution in [0.1, 0.15) is 44.5 Å². The van der Waals surface area contributed by atoms with Crippen molar-refractivity contribution >= 4 is 21.9 Å². The van der Waals surface area contributed by atoms with Crippen LogP contribution in [0.5, 0.6) is 5.75 Å². The highest BCUT2D eigenvalue weighted by Crippen LogP contribution is 2.40. The summed E-state index contributed by atoms with van der Waals surface area (Å²) < 4.78 is 12.7. The molecule has 1 unspecified atom stereocenters. The highest BCUT2D eigenvalue weighted by molar-refractivity contribution is 9.10. The fourth-order valence-corrected chi connectivity index (χ4v) is 2.96. The summed E-state index contributed by atoms with van der Waals surface area (Å²) in [6.45, 7) is 7.95. The third kappa shape index (κ3) is 3.15. The van der Waals surface area contributed by atoms with Crippen LogP contribution in [0, 0.1) is 0 Å². The van der Waals surface area contributed by atoms with E-state index >= 15 is 0 Å². The minimum absolute atomic E-state index is 0.161. The van der Waals surface area contributed by atoms with E-state index < -0.39 is 11.6 Å². The van der Waals surface area contributed by atoms with Crippen molar-refractivity contribution in [1.29, 1.82) is 0 Å². The molecule has 1 saturated heterocycles. The molecule has 4 nitrogen and oxygen atoms in total. The van der Waals surface area contributed by atoms with Crippen molar-refractivity contribution in [3.8, 4) is 5.75 Å². The Labute approximate surface area is 127 Å². The molecule has 20 heavy (non-hydrogen) atoms. The molecule has 0 saturated carbocycles. The second kappa shape index (κ2) is 5.04. The maximum Gasteiger partial charge on any atom is 0.339 e. The number of rotatable bonds is 3. The Balaban J connectivity index is 2.30. The maximum absolute atomic E-state index is 11.3. The van der Waals surface area contributed by atoms with Crippen molar-refractivity contribution in [1.82, 2.24) is 0 Å². The fraction of sp³-hybridized carbons (Fsp3) is 0.533. The van der Waals surface area contributed by atoms with Gasteiger partial charge in [0.2, 0.25) is 0 Å². The molecule has 1 N–H and O–H groups in total. The highest BCUT2D eigenvalue weighted by atomic mass is 79.9. The first-order chi connectivity index (χ1) is 9.11. The monoisotopic (exact) mass is 342 g/mol. The van der Waals surface area contributed by atoms with Crippen molar-refractivity contribution < 1.29 is 19.4 Å². The molecule has 0 spiro atoms. The second-order valence-electron chi connectivity index (χ2n) is 6.22. The number of carboxylic acid groups (broad SMARTS) is 1. The molecule has 1 aliphatic rings. The molecule has 1 aromatic rings. The number of halogens is 1. The van der Waals surface area contributed by atoms with E-state index in [1.807, 2.05) is 27.7 Å². The van der Waals surface area contributed by atoms with Gasteiger partial charge in [-0.3, -0.25) is 0 Å². The molecular formula is C15H19BrO4. The van der Waals surface area contributed by atoms with Gasteiger partial charge in [-0.1, -0.05) is 15.9 Å². The molecule has 0 radical (unpaired) electrons. The van der Waals surface area contributed by atoms with Crippen LogP contribution in [-0.2, 0) is 4.74 Å².